The highest BCUT2D eigenvalue weighted by Crippen LogP contribution is 2.25. The Bertz CT molecular complexity index is 1680. The third-order valence-electron chi connectivity index (χ3n) is 8.80. The van der Waals surface area contributed by atoms with Gasteiger partial charge < -0.3 is 35.9 Å². The number of carbonyl (C=O) groups excluding carboxylic acids is 3. The first-order chi connectivity index (χ1) is 20.8. The Labute approximate surface area is 248 Å². The average Bonchev–Trinajstić information content (AvgIpc) is 3.82. The molecule has 0 saturated carbocycles. The molecule has 2 saturated heterocycles. The van der Waals surface area contributed by atoms with E-state index in [0.29, 0.717) is 45.2 Å². The van der Waals surface area contributed by atoms with Crippen LogP contribution in [0.3, 0.4) is 0 Å². The number of nitrogens with two attached hydrogens (primary N) is 1. The van der Waals surface area contributed by atoms with Gasteiger partial charge in [0.25, 0.3) is 0 Å². The summed E-state index contributed by atoms with van der Waals surface area (Å²) < 4.78 is 0. The third-order valence-corrected chi connectivity index (χ3v) is 8.80. The number of carboxylic acid groups (broad SMARTS) is 1. The van der Waals surface area contributed by atoms with Gasteiger partial charge in [-0.3, -0.25) is 14.4 Å². The highest BCUT2D eigenvalue weighted by Gasteiger charge is 2.41. The number of para-hydroxylation sites is 2. The summed E-state index contributed by atoms with van der Waals surface area (Å²) in [6, 6.07) is 11.9. The van der Waals surface area contributed by atoms with Crippen molar-refractivity contribution in [3.8, 4) is 0 Å². The summed E-state index contributed by atoms with van der Waals surface area (Å²) in [5, 5.41) is 14.6. The number of hydrogen-bond donors (Lipinski definition) is 5. The molecule has 2 aromatic carbocycles. The van der Waals surface area contributed by atoms with Gasteiger partial charge in [0, 0.05) is 53.7 Å². The predicted octanol–water partition coefficient (Wildman–Crippen LogP) is 2.31. The van der Waals surface area contributed by atoms with Crippen LogP contribution in [0.4, 0.5) is 0 Å². The number of aromatic nitrogens is 2. The molecule has 6 rings (SSSR count). The highest BCUT2D eigenvalue weighted by atomic mass is 16.4. The minimum absolute atomic E-state index is 0.179. The van der Waals surface area contributed by atoms with Crippen molar-refractivity contribution in [1.82, 2.24) is 25.1 Å². The van der Waals surface area contributed by atoms with Crippen LogP contribution in [0.5, 0.6) is 0 Å². The van der Waals surface area contributed by atoms with E-state index in [1.807, 2.05) is 60.9 Å². The van der Waals surface area contributed by atoms with Gasteiger partial charge in [0.2, 0.25) is 17.7 Å². The molecule has 4 aromatic rings. The molecule has 2 aliphatic rings. The number of rotatable bonds is 9. The van der Waals surface area contributed by atoms with Gasteiger partial charge in [-0.1, -0.05) is 36.4 Å². The molecule has 11 heteroatoms. The molecule has 0 aliphatic carbocycles. The van der Waals surface area contributed by atoms with Crippen molar-refractivity contribution < 1.29 is 24.3 Å². The first-order valence-electron chi connectivity index (χ1n) is 14.8. The fourth-order valence-electron chi connectivity index (χ4n) is 6.62. The van der Waals surface area contributed by atoms with Crippen LogP contribution in [-0.2, 0) is 32.0 Å². The second-order valence-corrected chi connectivity index (χ2v) is 11.5. The number of fused-ring (bicyclic) bond motifs is 2. The van der Waals surface area contributed by atoms with Crippen molar-refractivity contribution in [3.05, 3.63) is 72.1 Å². The Morgan fingerprint density at radius 3 is 1.95 bits per heavy atom. The van der Waals surface area contributed by atoms with Crippen LogP contribution in [0.25, 0.3) is 21.8 Å². The smallest absolute Gasteiger partial charge is 0.326 e. The number of aromatic amines is 2. The summed E-state index contributed by atoms with van der Waals surface area (Å²) in [6.07, 6.45) is 6.20. The summed E-state index contributed by atoms with van der Waals surface area (Å²) in [7, 11) is 0. The number of likely N-dealkylation sites (tertiary alicyclic amines) is 2. The standard InChI is InChI=1S/C32H36N6O5/c33-23(15-19-17-34-24-9-3-1-7-21(19)24)30(40)37-13-5-11-27(37)29(39)36-26(31(41)38-14-6-12-28(38)32(42)43)16-20-18-35-25-10-4-2-8-22(20)25/h1-4,7-10,17-18,23,26-28,34-35H,5-6,11-16,33H2,(H,36,39)(H,42,43)/t23-,26-,27-,28-/m0/s1. The molecule has 0 radical (unpaired) electrons. The van der Waals surface area contributed by atoms with E-state index in [9.17, 15) is 24.3 Å². The minimum atomic E-state index is -1.06. The fraction of sp³-hybridized carbons (Fsp3) is 0.375. The zero-order chi connectivity index (χ0) is 30.1. The lowest BCUT2D eigenvalue weighted by molar-refractivity contribution is -0.149. The molecule has 0 spiro atoms. The number of carboxylic acids is 1. The monoisotopic (exact) mass is 584 g/mol. The number of benzene rings is 2. The van der Waals surface area contributed by atoms with Crippen LogP contribution in [0.15, 0.2) is 60.9 Å². The Morgan fingerprint density at radius 1 is 0.814 bits per heavy atom. The second-order valence-electron chi connectivity index (χ2n) is 11.5. The number of amides is 3. The second kappa shape index (κ2) is 11.9. The summed E-state index contributed by atoms with van der Waals surface area (Å²) in [6.45, 7) is 0.708. The molecule has 0 bridgehead atoms. The van der Waals surface area contributed by atoms with Gasteiger partial charge in [0.15, 0.2) is 0 Å². The van der Waals surface area contributed by atoms with Crippen molar-refractivity contribution >= 4 is 45.5 Å². The maximum Gasteiger partial charge on any atom is 0.326 e. The Kier molecular flexibility index (Phi) is 7.90. The van der Waals surface area contributed by atoms with E-state index in [4.69, 9.17) is 5.73 Å². The van der Waals surface area contributed by atoms with Gasteiger partial charge >= 0.3 is 5.97 Å². The molecule has 4 atom stereocenters. The number of carbonyl (C=O) groups is 4. The van der Waals surface area contributed by atoms with Crippen molar-refractivity contribution in [2.75, 3.05) is 13.1 Å². The van der Waals surface area contributed by atoms with E-state index in [1.54, 1.807) is 0 Å². The van der Waals surface area contributed by atoms with Crippen molar-refractivity contribution in [2.24, 2.45) is 5.73 Å². The molecule has 2 fully saturated rings. The lowest BCUT2D eigenvalue weighted by atomic mass is 10.0. The number of nitrogens with zero attached hydrogens (tertiary/aromatic N) is 2. The zero-order valence-electron chi connectivity index (χ0n) is 23.8. The van der Waals surface area contributed by atoms with Gasteiger partial charge in [-0.05, 0) is 55.4 Å². The first-order valence-corrected chi connectivity index (χ1v) is 14.8. The van der Waals surface area contributed by atoms with Crippen molar-refractivity contribution in [1.29, 1.82) is 0 Å². The average molecular weight is 585 g/mol. The lowest BCUT2D eigenvalue weighted by Crippen LogP contribution is -2.57. The molecule has 4 heterocycles. The third kappa shape index (κ3) is 5.60. The van der Waals surface area contributed by atoms with Crippen LogP contribution in [0.2, 0.25) is 0 Å². The van der Waals surface area contributed by atoms with E-state index in [0.717, 1.165) is 32.9 Å². The van der Waals surface area contributed by atoms with E-state index in [2.05, 4.69) is 15.3 Å². The maximum atomic E-state index is 13.8. The van der Waals surface area contributed by atoms with Gasteiger partial charge in [0.1, 0.15) is 18.1 Å². The molecule has 2 aliphatic heterocycles. The van der Waals surface area contributed by atoms with Crippen LogP contribution in [0.1, 0.15) is 36.8 Å². The van der Waals surface area contributed by atoms with Crippen LogP contribution in [-0.4, -0.2) is 85.8 Å². The lowest BCUT2D eigenvalue weighted by Gasteiger charge is -2.30. The van der Waals surface area contributed by atoms with E-state index >= 15 is 0 Å². The number of aliphatic carboxylic acids is 1. The van der Waals surface area contributed by atoms with E-state index in [1.165, 1.54) is 9.80 Å². The molecule has 224 valence electrons. The normalized spacial score (nSPS) is 20.0. The molecule has 43 heavy (non-hydrogen) atoms. The fourth-order valence-corrected chi connectivity index (χ4v) is 6.62. The molecule has 2 aromatic heterocycles. The van der Waals surface area contributed by atoms with Crippen LogP contribution in [0, 0.1) is 0 Å². The Balaban J connectivity index is 1.20. The molecule has 11 nitrogen and oxygen atoms in total. The summed E-state index contributed by atoms with van der Waals surface area (Å²) >= 11 is 0. The first kappa shape index (κ1) is 28.5. The van der Waals surface area contributed by atoms with Crippen molar-refractivity contribution in [3.63, 3.8) is 0 Å². The SMILES string of the molecule is N[C@@H](Cc1c[nH]c2ccccc12)C(=O)N1CCC[C@H]1C(=O)N[C@@H](Cc1c[nH]c2ccccc12)C(=O)N1CCC[C@H]1C(=O)O. The van der Waals surface area contributed by atoms with E-state index in [-0.39, 0.29) is 12.3 Å². The number of hydrogen-bond acceptors (Lipinski definition) is 5. The topological polar surface area (TPSA) is 165 Å². The van der Waals surface area contributed by atoms with Crippen LogP contribution >= 0.6 is 0 Å². The largest absolute Gasteiger partial charge is 0.480 e. The maximum absolute atomic E-state index is 13.8. The van der Waals surface area contributed by atoms with Crippen molar-refractivity contribution in [2.45, 2.75) is 62.7 Å². The Hall–Kier alpha value is -4.64. The Morgan fingerprint density at radius 2 is 1.35 bits per heavy atom. The highest BCUT2D eigenvalue weighted by molar-refractivity contribution is 5.95. The molecule has 0 unspecified atom stereocenters. The van der Waals surface area contributed by atoms with E-state index < -0.39 is 42.0 Å². The van der Waals surface area contributed by atoms with Gasteiger partial charge in [-0.25, -0.2) is 4.79 Å². The van der Waals surface area contributed by atoms with Gasteiger partial charge in [-0.15, -0.1) is 0 Å². The zero-order valence-corrected chi connectivity index (χ0v) is 23.8. The molecule has 6 N–H and O–H groups in total. The van der Waals surface area contributed by atoms with Gasteiger partial charge in [0.05, 0.1) is 6.04 Å². The summed E-state index contributed by atoms with van der Waals surface area (Å²) in [5.41, 5.74) is 10.0. The molecule has 3 amide bonds. The van der Waals surface area contributed by atoms with Gasteiger partial charge in [-0.2, -0.15) is 0 Å². The quantitative estimate of drug-likeness (QED) is 0.203. The number of H-pyrrole nitrogens is 2. The summed E-state index contributed by atoms with van der Waals surface area (Å²) in [5.74, 6) is -2.24. The number of nitrogens with one attached hydrogen (secondary N) is 3. The summed E-state index contributed by atoms with van der Waals surface area (Å²) in [4.78, 5) is 62.3. The minimum Gasteiger partial charge on any atom is -0.480 e. The van der Waals surface area contributed by atoms with Crippen LogP contribution < -0.4 is 11.1 Å². The molecular weight excluding hydrogens is 548 g/mol. The molecular formula is C32H36N6O5. The predicted molar refractivity (Wildman–Crippen MR) is 161 cm³/mol.